The molecule has 0 aliphatic carbocycles. The van der Waals surface area contributed by atoms with Gasteiger partial charge in [0.05, 0.1) is 19.6 Å². The van der Waals surface area contributed by atoms with Gasteiger partial charge in [0.2, 0.25) is 0 Å². The number of esters is 1. The van der Waals surface area contributed by atoms with E-state index in [0.29, 0.717) is 12.1 Å². The molecule has 1 atom stereocenters. The molecule has 1 rings (SSSR count). The first-order valence-electron chi connectivity index (χ1n) is 4.35. The third kappa shape index (κ3) is 2.73. The van der Waals surface area contributed by atoms with Gasteiger partial charge in [0.25, 0.3) is 0 Å². The first-order chi connectivity index (χ1) is 7.45. The highest BCUT2D eigenvalue weighted by Gasteiger charge is 2.18. The molecule has 16 heavy (non-hydrogen) atoms. The largest absolute Gasteiger partial charge is 0.469 e. The molecule has 0 aromatic heterocycles. The van der Waals surface area contributed by atoms with Crippen molar-refractivity contribution in [3.05, 3.63) is 35.1 Å². The number of methoxy groups -OCH3 is 1. The number of hydrogen-bond donors (Lipinski definition) is 1. The maximum Gasteiger partial charge on any atom is 0.308 e. The maximum absolute atomic E-state index is 12.8. The summed E-state index contributed by atoms with van der Waals surface area (Å²) in [5.41, 5.74) is -0.221. The van der Waals surface area contributed by atoms with Gasteiger partial charge in [-0.3, -0.25) is 4.79 Å². The van der Waals surface area contributed by atoms with Gasteiger partial charge in [-0.2, -0.15) is 0 Å². The Hall–Kier alpha value is -1.56. The Labute approximate surface area is 89.5 Å². The summed E-state index contributed by atoms with van der Waals surface area (Å²) in [5, 5.41) is 9.41. The molecule has 0 spiro atoms. The molecule has 0 bridgehead atoms. The number of rotatable bonds is 3. The van der Waals surface area contributed by atoms with Crippen LogP contribution in [0.1, 0.15) is 18.1 Å². The van der Waals surface area contributed by atoms with Crippen LogP contribution in [0, 0.1) is 17.5 Å². The van der Waals surface area contributed by atoms with Crippen molar-refractivity contribution in [3.8, 4) is 0 Å². The van der Waals surface area contributed by atoms with Crippen molar-refractivity contribution in [1.82, 2.24) is 0 Å². The van der Waals surface area contributed by atoms with Crippen molar-refractivity contribution in [2.45, 2.75) is 12.5 Å². The Kier molecular flexibility index (Phi) is 3.89. The van der Waals surface area contributed by atoms with Gasteiger partial charge in [0.15, 0.2) is 17.5 Å². The second-order valence-corrected chi connectivity index (χ2v) is 3.09. The van der Waals surface area contributed by atoms with Gasteiger partial charge < -0.3 is 9.84 Å². The highest BCUT2D eigenvalue weighted by atomic mass is 19.2. The van der Waals surface area contributed by atoms with Crippen molar-refractivity contribution in [3.63, 3.8) is 0 Å². The molecule has 0 saturated heterocycles. The number of carbonyl (C=O) groups excluding carboxylic acids is 1. The highest BCUT2D eigenvalue weighted by molar-refractivity contribution is 5.70. The number of aliphatic hydroxyl groups excluding tert-OH is 1. The van der Waals surface area contributed by atoms with E-state index in [9.17, 15) is 23.1 Å². The Morgan fingerprint density at radius 1 is 1.38 bits per heavy atom. The zero-order valence-corrected chi connectivity index (χ0v) is 8.34. The van der Waals surface area contributed by atoms with Crippen LogP contribution in [0.15, 0.2) is 12.1 Å². The monoisotopic (exact) mass is 234 g/mol. The quantitative estimate of drug-likeness (QED) is 0.639. The lowest BCUT2D eigenvalue weighted by atomic mass is 10.1. The molecule has 0 aliphatic rings. The third-order valence-corrected chi connectivity index (χ3v) is 1.98. The van der Waals surface area contributed by atoms with Crippen LogP contribution in [0.2, 0.25) is 0 Å². The van der Waals surface area contributed by atoms with E-state index in [-0.39, 0.29) is 5.56 Å². The Morgan fingerprint density at radius 3 is 2.31 bits per heavy atom. The Balaban J connectivity index is 2.92. The van der Waals surface area contributed by atoms with Gasteiger partial charge in [-0.15, -0.1) is 0 Å². The average Bonchev–Trinajstić information content (AvgIpc) is 2.24. The van der Waals surface area contributed by atoms with Gasteiger partial charge in [0, 0.05) is 0 Å². The maximum atomic E-state index is 12.8. The summed E-state index contributed by atoms with van der Waals surface area (Å²) in [7, 11) is 1.11. The van der Waals surface area contributed by atoms with Crippen LogP contribution in [0.5, 0.6) is 0 Å². The standard InChI is InChI=1S/C10H9F3O3/c1-16-9(15)4-8(14)5-2-6(11)10(13)7(12)3-5/h2-3,8,14H,4H2,1H3/t8-/m1/s1. The molecule has 0 aliphatic heterocycles. The third-order valence-electron chi connectivity index (χ3n) is 1.98. The normalized spacial score (nSPS) is 12.3. The van der Waals surface area contributed by atoms with Crippen LogP contribution >= 0.6 is 0 Å². The van der Waals surface area contributed by atoms with Crippen LogP contribution in [0.3, 0.4) is 0 Å². The van der Waals surface area contributed by atoms with Crippen LogP contribution < -0.4 is 0 Å². The lowest BCUT2D eigenvalue weighted by Gasteiger charge is -2.10. The predicted molar refractivity (Wildman–Crippen MR) is 47.9 cm³/mol. The first kappa shape index (κ1) is 12.5. The van der Waals surface area contributed by atoms with E-state index in [4.69, 9.17) is 0 Å². The number of hydrogen-bond acceptors (Lipinski definition) is 3. The summed E-state index contributed by atoms with van der Waals surface area (Å²) in [6.07, 6.45) is -1.89. The van der Waals surface area contributed by atoms with Crippen LogP contribution in [0.25, 0.3) is 0 Å². The molecule has 88 valence electrons. The highest BCUT2D eigenvalue weighted by Crippen LogP contribution is 2.21. The molecule has 1 N–H and O–H groups in total. The van der Waals surface area contributed by atoms with Crippen LogP contribution in [-0.2, 0) is 9.53 Å². The zero-order valence-electron chi connectivity index (χ0n) is 8.34. The molecule has 0 amide bonds. The molecule has 1 aromatic rings. The van der Waals surface area contributed by atoms with Crippen molar-refractivity contribution in [2.75, 3.05) is 7.11 Å². The summed E-state index contributed by atoms with van der Waals surface area (Å²) in [4.78, 5) is 10.8. The molecule has 0 unspecified atom stereocenters. The minimum absolute atomic E-state index is 0.221. The summed E-state index contributed by atoms with van der Waals surface area (Å²) >= 11 is 0. The molecular weight excluding hydrogens is 225 g/mol. The lowest BCUT2D eigenvalue weighted by Crippen LogP contribution is -2.09. The van der Waals surface area contributed by atoms with Crippen LogP contribution in [0.4, 0.5) is 13.2 Å². The van der Waals surface area contributed by atoms with E-state index >= 15 is 0 Å². The summed E-state index contributed by atoms with van der Waals surface area (Å²) in [5.74, 6) is -5.19. The number of ether oxygens (including phenoxy) is 1. The number of halogens is 3. The predicted octanol–water partition coefficient (Wildman–Crippen LogP) is 1.70. The average molecular weight is 234 g/mol. The van der Waals surface area contributed by atoms with Crippen molar-refractivity contribution < 1.29 is 27.8 Å². The fraction of sp³-hybridized carbons (Fsp3) is 0.300. The van der Waals surface area contributed by atoms with E-state index < -0.39 is 35.9 Å². The first-order valence-corrected chi connectivity index (χ1v) is 4.35. The molecular formula is C10H9F3O3. The van der Waals surface area contributed by atoms with E-state index in [1.54, 1.807) is 0 Å². The van der Waals surface area contributed by atoms with E-state index in [0.717, 1.165) is 7.11 Å². The van der Waals surface area contributed by atoms with Gasteiger partial charge >= 0.3 is 5.97 Å². The molecule has 0 heterocycles. The fourth-order valence-electron chi connectivity index (χ4n) is 1.13. The molecule has 0 radical (unpaired) electrons. The van der Waals surface area contributed by atoms with Gasteiger partial charge in [0.1, 0.15) is 0 Å². The summed E-state index contributed by atoms with van der Waals surface area (Å²) in [6.45, 7) is 0. The fourth-order valence-corrected chi connectivity index (χ4v) is 1.13. The molecule has 0 fully saturated rings. The topological polar surface area (TPSA) is 46.5 Å². The Morgan fingerprint density at radius 2 is 1.88 bits per heavy atom. The molecule has 3 nitrogen and oxygen atoms in total. The van der Waals surface area contributed by atoms with Crippen molar-refractivity contribution in [1.29, 1.82) is 0 Å². The second-order valence-electron chi connectivity index (χ2n) is 3.09. The van der Waals surface area contributed by atoms with E-state index in [1.165, 1.54) is 0 Å². The van der Waals surface area contributed by atoms with E-state index in [1.807, 2.05) is 0 Å². The minimum Gasteiger partial charge on any atom is -0.469 e. The van der Waals surface area contributed by atoms with Gasteiger partial charge in [-0.05, 0) is 17.7 Å². The van der Waals surface area contributed by atoms with Crippen LogP contribution in [-0.4, -0.2) is 18.2 Å². The number of benzene rings is 1. The second kappa shape index (κ2) is 4.98. The SMILES string of the molecule is COC(=O)C[C@@H](O)c1cc(F)c(F)c(F)c1. The summed E-state index contributed by atoms with van der Waals surface area (Å²) in [6, 6.07) is 1.26. The minimum atomic E-state index is -1.62. The lowest BCUT2D eigenvalue weighted by molar-refractivity contribution is -0.142. The van der Waals surface area contributed by atoms with Gasteiger partial charge in [-0.1, -0.05) is 0 Å². The summed E-state index contributed by atoms with van der Waals surface area (Å²) < 4.78 is 42.4. The number of aliphatic hydroxyl groups is 1. The Bertz CT molecular complexity index is 383. The van der Waals surface area contributed by atoms with Crippen molar-refractivity contribution in [2.24, 2.45) is 0 Å². The molecule has 1 aromatic carbocycles. The van der Waals surface area contributed by atoms with Gasteiger partial charge in [-0.25, -0.2) is 13.2 Å². The van der Waals surface area contributed by atoms with Crippen molar-refractivity contribution >= 4 is 5.97 Å². The molecule has 0 saturated carbocycles. The molecule has 6 heteroatoms. The smallest absolute Gasteiger partial charge is 0.308 e. The van der Waals surface area contributed by atoms with E-state index in [2.05, 4.69) is 4.74 Å². The number of carbonyl (C=O) groups is 1. The zero-order chi connectivity index (χ0) is 12.3.